The summed E-state index contributed by atoms with van der Waals surface area (Å²) in [5.74, 6) is -4.03. The molecule has 11 heteroatoms. The number of sulfonamides is 1. The smallest absolute Gasteiger partial charge is 0.386 e. The summed E-state index contributed by atoms with van der Waals surface area (Å²) in [7, 11) is -0.208. The fourth-order valence-electron chi connectivity index (χ4n) is 3.82. The van der Waals surface area contributed by atoms with Crippen LogP contribution in [0, 0.1) is 0 Å². The van der Waals surface area contributed by atoms with Gasteiger partial charge in [0.1, 0.15) is 0 Å². The summed E-state index contributed by atoms with van der Waals surface area (Å²) in [5, 5.41) is 0. The molecular weight excluding hydrogens is 461 g/mol. The van der Waals surface area contributed by atoms with Crippen LogP contribution in [0.25, 0.3) is 0 Å². The molecule has 1 aromatic carbocycles. The van der Waals surface area contributed by atoms with Crippen molar-refractivity contribution in [3.05, 3.63) is 29.8 Å². The van der Waals surface area contributed by atoms with Gasteiger partial charge >= 0.3 is 18.1 Å². The highest BCUT2D eigenvalue weighted by Crippen LogP contribution is 2.31. The lowest BCUT2D eigenvalue weighted by molar-refractivity contribution is -0.896. The Balaban J connectivity index is 2.20. The molecule has 33 heavy (non-hydrogen) atoms. The summed E-state index contributed by atoms with van der Waals surface area (Å²) in [6.07, 6.45) is -1.62. The number of ether oxygens (including phenoxy) is 1. The quantitative estimate of drug-likeness (QED) is 0.247. The molecule has 1 N–H and O–H groups in total. The number of benzene rings is 1. The molecule has 1 saturated heterocycles. The Morgan fingerprint density at radius 3 is 2.18 bits per heavy atom. The molecule has 0 atom stereocenters. The number of nitrogens with one attached hydrogen (secondary N) is 1. The molecule has 1 aromatic rings. The van der Waals surface area contributed by atoms with E-state index in [-0.39, 0.29) is 17.7 Å². The Morgan fingerprint density at radius 2 is 1.67 bits per heavy atom. The molecule has 186 valence electrons. The van der Waals surface area contributed by atoms with Gasteiger partial charge in [-0.1, -0.05) is 31.9 Å². The van der Waals surface area contributed by atoms with E-state index in [9.17, 15) is 31.2 Å². The number of carbonyl (C=O) groups is 2. The van der Waals surface area contributed by atoms with Crippen molar-refractivity contribution in [2.45, 2.75) is 68.5 Å². The molecule has 0 amide bonds. The lowest BCUT2D eigenvalue weighted by Gasteiger charge is -2.44. The predicted molar refractivity (Wildman–Crippen MR) is 116 cm³/mol. The van der Waals surface area contributed by atoms with Crippen LogP contribution < -0.4 is 4.72 Å². The first-order valence-electron chi connectivity index (χ1n) is 10.9. The van der Waals surface area contributed by atoms with Gasteiger partial charge in [-0.05, 0) is 30.5 Å². The maximum absolute atomic E-state index is 13.1. The van der Waals surface area contributed by atoms with Crippen LogP contribution in [0.2, 0.25) is 0 Å². The third-order valence-electron chi connectivity index (χ3n) is 5.97. The van der Waals surface area contributed by atoms with Crippen LogP contribution in [0.5, 0.6) is 0 Å². The van der Waals surface area contributed by atoms with Crippen molar-refractivity contribution in [3.63, 3.8) is 0 Å². The van der Waals surface area contributed by atoms with E-state index in [0.29, 0.717) is 17.6 Å². The molecule has 1 heterocycles. The van der Waals surface area contributed by atoms with Crippen molar-refractivity contribution in [3.8, 4) is 0 Å². The minimum absolute atomic E-state index is 0.000162. The number of aryl methyl sites for hydroxylation is 1. The number of alkyl halides is 3. The second-order valence-corrected chi connectivity index (χ2v) is 11.0. The fraction of sp³-hybridized carbons (Fsp3) is 0.636. The number of hydrogen-bond donors (Lipinski definition) is 1. The van der Waals surface area contributed by atoms with Crippen LogP contribution in [0.3, 0.4) is 0 Å². The van der Waals surface area contributed by atoms with Gasteiger partial charge in [0.25, 0.3) is 0 Å². The maximum atomic E-state index is 13.1. The average Bonchev–Trinajstić information content (AvgIpc) is 2.70. The third kappa shape index (κ3) is 8.08. The van der Waals surface area contributed by atoms with Crippen LogP contribution in [0.1, 0.15) is 51.0 Å². The second-order valence-electron chi connectivity index (χ2n) is 9.31. The van der Waals surface area contributed by atoms with E-state index in [1.807, 2.05) is 14.1 Å². The van der Waals surface area contributed by atoms with Gasteiger partial charge in [-0.15, -0.1) is 0 Å². The van der Waals surface area contributed by atoms with Crippen LogP contribution in [0.4, 0.5) is 13.2 Å². The van der Waals surface area contributed by atoms with Crippen molar-refractivity contribution in [1.82, 2.24) is 4.72 Å². The van der Waals surface area contributed by atoms with E-state index in [2.05, 4.69) is 16.4 Å². The SMILES string of the molecule is CCCCCc1ccc(S(=O)(=O)NC2(CC(=O)OC(=O)C(F)(F)F)CC[N+](C)(C)CC2)cc1. The zero-order valence-electron chi connectivity index (χ0n) is 19.2. The fourth-order valence-corrected chi connectivity index (χ4v) is 5.28. The van der Waals surface area contributed by atoms with E-state index in [4.69, 9.17) is 0 Å². The highest BCUT2D eigenvalue weighted by atomic mass is 32.2. The van der Waals surface area contributed by atoms with E-state index >= 15 is 0 Å². The van der Waals surface area contributed by atoms with Crippen molar-refractivity contribution in [2.24, 2.45) is 0 Å². The summed E-state index contributed by atoms with van der Waals surface area (Å²) >= 11 is 0. The van der Waals surface area contributed by atoms with Gasteiger partial charge in [0.15, 0.2) is 0 Å². The third-order valence-corrected chi connectivity index (χ3v) is 7.56. The van der Waals surface area contributed by atoms with Crippen molar-refractivity contribution in [2.75, 3.05) is 27.2 Å². The highest BCUT2D eigenvalue weighted by Gasteiger charge is 2.47. The molecule has 0 bridgehead atoms. The van der Waals surface area contributed by atoms with Gasteiger partial charge in [-0.25, -0.2) is 17.9 Å². The normalized spacial score (nSPS) is 18.0. The predicted octanol–water partition coefficient (Wildman–Crippen LogP) is 3.33. The number of hydrogen-bond acceptors (Lipinski definition) is 5. The lowest BCUT2D eigenvalue weighted by atomic mass is 9.85. The molecule has 2 rings (SSSR count). The number of esters is 2. The number of likely N-dealkylation sites (tertiary alicyclic amines) is 1. The van der Waals surface area contributed by atoms with Gasteiger partial charge in [0.2, 0.25) is 10.0 Å². The molecule has 0 spiro atoms. The van der Waals surface area contributed by atoms with E-state index in [0.717, 1.165) is 31.2 Å². The summed E-state index contributed by atoms with van der Waals surface area (Å²) < 4.78 is 70.6. The molecule has 0 unspecified atom stereocenters. The topological polar surface area (TPSA) is 89.5 Å². The monoisotopic (exact) mass is 493 g/mol. The minimum atomic E-state index is -5.31. The molecule has 0 aromatic heterocycles. The van der Waals surface area contributed by atoms with Gasteiger partial charge in [0.05, 0.1) is 44.0 Å². The number of rotatable bonds is 9. The zero-order valence-corrected chi connectivity index (χ0v) is 20.0. The van der Waals surface area contributed by atoms with Crippen LogP contribution in [-0.2, 0) is 30.8 Å². The standard InChI is InChI=1S/C22H32F3N2O5S/c1-4-5-6-7-17-8-10-18(11-9-17)33(30,31)26-21(12-14-27(2,3)15-13-21)16-19(28)32-20(29)22(23,24)25/h8-11,26H,4-7,12-16H2,1-3H3/q+1. The summed E-state index contributed by atoms with van der Waals surface area (Å²) in [6.45, 7) is 3.07. The molecule has 0 radical (unpaired) electrons. The zero-order chi connectivity index (χ0) is 24.9. The number of nitrogens with zero attached hydrogens (tertiary/aromatic N) is 1. The van der Waals surface area contributed by atoms with Crippen molar-refractivity contribution >= 4 is 22.0 Å². The summed E-state index contributed by atoms with van der Waals surface area (Å²) in [4.78, 5) is 23.2. The van der Waals surface area contributed by atoms with Gasteiger partial charge in [0, 0.05) is 12.8 Å². The number of halogens is 3. The number of carbonyl (C=O) groups excluding carboxylic acids is 2. The first-order valence-corrected chi connectivity index (χ1v) is 12.4. The number of piperidine rings is 1. The molecular formula is C22H32F3N2O5S+. The second kappa shape index (κ2) is 10.5. The Morgan fingerprint density at radius 1 is 1.09 bits per heavy atom. The van der Waals surface area contributed by atoms with Crippen LogP contribution >= 0.6 is 0 Å². The molecule has 0 aliphatic carbocycles. The van der Waals surface area contributed by atoms with E-state index < -0.39 is 40.1 Å². The lowest BCUT2D eigenvalue weighted by Crippen LogP contribution is -2.60. The Bertz CT molecular complexity index is 934. The Hall–Kier alpha value is -1.98. The van der Waals surface area contributed by atoms with E-state index in [1.165, 1.54) is 12.1 Å². The Labute approximate surface area is 192 Å². The van der Waals surface area contributed by atoms with Crippen LogP contribution in [0.15, 0.2) is 29.2 Å². The van der Waals surface area contributed by atoms with Crippen molar-refractivity contribution < 1.29 is 40.4 Å². The molecule has 1 aliphatic rings. The minimum Gasteiger partial charge on any atom is -0.386 e. The largest absolute Gasteiger partial charge is 0.491 e. The summed E-state index contributed by atoms with van der Waals surface area (Å²) in [6, 6.07) is 6.42. The maximum Gasteiger partial charge on any atom is 0.491 e. The molecule has 7 nitrogen and oxygen atoms in total. The van der Waals surface area contributed by atoms with Crippen LogP contribution in [-0.4, -0.2) is 63.7 Å². The molecule has 1 fully saturated rings. The van der Waals surface area contributed by atoms with Gasteiger partial charge < -0.3 is 9.22 Å². The number of quaternary nitrogens is 1. The van der Waals surface area contributed by atoms with Gasteiger partial charge in [-0.2, -0.15) is 13.2 Å². The average molecular weight is 494 g/mol. The molecule has 0 saturated carbocycles. The first kappa shape index (κ1) is 27.3. The summed E-state index contributed by atoms with van der Waals surface area (Å²) in [5.41, 5.74) is -0.349. The molecule has 1 aliphatic heterocycles. The highest BCUT2D eigenvalue weighted by molar-refractivity contribution is 7.89. The van der Waals surface area contributed by atoms with Crippen molar-refractivity contribution in [1.29, 1.82) is 0 Å². The number of unbranched alkanes of at least 4 members (excludes halogenated alkanes) is 2. The first-order chi connectivity index (χ1) is 15.2. The Kier molecular flexibility index (Phi) is 8.69. The van der Waals surface area contributed by atoms with E-state index in [1.54, 1.807) is 12.1 Å². The van der Waals surface area contributed by atoms with Gasteiger partial charge in [-0.3, -0.25) is 4.79 Å².